The summed E-state index contributed by atoms with van der Waals surface area (Å²) in [7, 11) is 0. The lowest BCUT2D eigenvalue weighted by Crippen LogP contribution is -2.32. The molecule has 3 aromatic carbocycles. The lowest BCUT2D eigenvalue weighted by Gasteiger charge is -2.12. The molecule has 0 saturated heterocycles. The summed E-state index contributed by atoms with van der Waals surface area (Å²) in [5.74, 6) is -1.22. The lowest BCUT2D eigenvalue weighted by molar-refractivity contribution is -0.136. The van der Waals surface area contributed by atoms with Crippen LogP contribution in [0.15, 0.2) is 65.8 Å². The number of nitrogens with one attached hydrogen (secondary N) is 3. The topological polar surface area (TPSA) is 118 Å². The van der Waals surface area contributed by atoms with Crippen LogP contribution in [0.1, 0.15) is 30.0 Å². The molecule has 0 aliphatic rings. The molecule has 3 aromatic rings. The Labute approximate surface area is 226 Å². The number of carbonyl (C=O) groups is 3. The highest BCUT2D eigenvalue weighted by molar-refractivity contribution is 6.39. The Morgan fingerprint density at radius 2 is 1.68 bits per heavy atom. The number of ether oxygens (including phenoxy) is 2. The first-order valence-corrected chi connectivity index (χ1v) is 12.3. The van der Waals surface area contributed by atoms with Crippen LogP contribution in [-0.4, -0.2) is 37.1 Å². The van der Waals surface area contributed by atoms with Gasteiger partial charge in [0, 0.05) is 22.0 Å². The van der Waals surface area contributed by atoms with Gasteiger partial charge in [-0.2, -0.15) is 5.10 Å². The summed E-state index contributed by atoms with van der Waals surface area (Å²) < 4.78 is 11.1. The van der Waals surface area contributed by atoms with Crippen molar-refractivity contribution in [2.45, 2.75) is 27.2 Å². The number of anilines is 2. The van der Waals surface area contributed by atoms with E-state index >= 15 is 0 Å². The van der Waals surface area contributed by atoms with E-state index in [1.54, 1.807) is 42.5 Å². The third-order valence-corrected chi connectivity index (χ3v) is 5.39. The summed E-state index contributed by atoms with van der Waals surface area (Å²) >= 11 is 6.08. The fourth-order valence-corrected chi connectivity index (χ4v) is 3.39. The zero-order chi connectivity index (χ0) is 27.5. The average Bonchev–Trinajstić information content (AvgIpc) is 2.89. The van der Waals surface area contributed by atoms with Crippen LogP contribution < -0.4 is 25.5 Å². The molecule has 0 radical (unpaired) electrons. The fraction of sp³-hybridized carbons (Fsp3) is 0.214. The van der Waals surface area contributed by atoms with Gasteiger partial charge in [-0.3, -0.25) is 14.4 Å². The van der Waals surface area contributed by atoms with Crippen LogP contribution in [0.3, 0.4) is 0 Å². The van der Waals surface area contributed by atoms with Crippen molar-refractivity contribution in [3.63, 3.8) is 0 Å². The van der Waals surface area contributed by atoms with Gasteiger partial charge in [0.25, 0.3) is 5.91 Å². The van der Waals surface area contributed by atoms with Crippen molar-refractivity contribution < 1.29 is 23.9 Å². The Morgan fingerprint density at radius 3 is 2.42 bits per heavy atom. The molecule has 38 heavy (non-hydrogen) atoms. The van der Waals surface area contributed by atoms with Crippen LogP contribution in [0.4, 0.5) is 11.4 Å². The Bertz CT molecular complexity index is 1330. The van der Waals surface area contributed by atoms with E-state index in [-0.39, 0.29) is 12.5 Å². The highest BCUT2D eigenvalue weighted by atomic mass is 35.5. The highest BCUT2D eigenvalue weighted by Crippen LogP contribution is 2.22. The SMILES string of the molecule is CCCOc1ccc(NC(=O)C(=O)N/N=C\c2cc(Cl)ccc2OCC(=O)Nc2cc(C)ccc2C)cc1. The number of aryl methyl sites for hydroxylation is 2. The minimum absolute atomic E-state index is 0.257. The van der Waals surface area contributed by atoms with Crippen molar-refractivity contribution in [3.8, 4) is 11.5 Å². The molecule has 0 bridgehead atoms. The second-order valence-electron chi connectivity index (χ2n) is 8.36. The molecule has 0 aliphatic heterocycles. The first-order chi connectivity index (χ1) is 18.2. The van der Waals surface area contributed by atoms with Gasteiger partial charge < -0.3 is 20.1 Å². The molecule has 0 saturated carbocycles. The van der Waals surface area contributed by atoms with Crippen LogP contribution in [0.5, 0.6) is 11.5 Å². The molecule has 3 N–H and O–H groups in total. The maximum absolute atomic E-state index is 12.4. The molecule has 0 aliphatic carbocycles. The molecule has 198 valence electrons. The van der Waals surface area contributed by atoms with E-state index in [1.165, 1.54) is 6.21 Å². The molecule has 0 aromatic heterocycles. The van der Waals surface area contributed by atoms with Gasteiger partial charge in [0.2, 0.25) is 0 Å². The van der Waals surface area contributed by atoms with Crippen LogP contribution in [0.25, 0.3) is 0 Å². The average molecular weight is 537 g/mol. The molecule has 0 spiro atoms. The Hall–Kier alpha value is -4.37. The number of halogens is 1. The molecular weight excluding hydrogens is 508 g/mol. The number of amides is 3. The number of nitrogens with zero attached hydrogens (tertiary/aromatic N) is 1. The third-order valence-electron chi connectivity index (χ3n) is 5.16. The van der Waals surface area contributed by atoms with E-state index in [0.717, 1.165) is 17.5 Å². The van der Waals surface area contributed by atoms with Gasteiger partial charge >= 0.3 is 11.8 Å². The van der Waals surface area contributed by atoms with Gasteiger partial charge in [-0.05, 0) is 79.9 Å². The fourth-order valence-electron chi connectivity index (χ4n) is 3.21. The van der Waals surface area contributed by atoms with Gasteiger partial charge in [0.05, 0.1) is 12.8 Å². The van der Waals surface area contributed by atoms with Gasteiger partial charge in [-0.15, -0.1) is 0 Å². The summed E-state index contributed by atoms with van der Waals surface area (Å²) in [6, 6.07) is 17.2. The molecule has 3 rings (SSSR count). The quantitative estimate of drug-likeness (QED) is 0.194. The van der Waals surface area contributed by atoms with Gasteiger partial charge in [-0.25, -0.2) is 5.43 Å². The highest BCUT2D eigenvalue weighted by Gasteiger charge is 2.13. The van der Waals surface area contributed by atoms with Gasteiger partial charge in [-0.1, -0.05) is 30.7 Å². The van der Waals surface area contributed by atoms with Crippen molar-refractivity contribution in [2.24, 2.45) is 5.10 Å². The van der Waals surface area contributed by atoms with Crippen molar-refractivity contribution >= 4 is 46.9 Å². The molecular formula is C28H29ClN4O5. The zero-order valence-electron chi connectivity index (χ0n) is 21.3. The number of hydrogen-bond donors (Lipinski definition) is 3. The normalized spacial score (nSPS) is 10.6. The summed E-state index contributed by atoms with van der Waals surface area (Å²) in [4.78, 5) is 36.8. The van der Waals surface area contributed by atoms with Crippen LogP contribution in [-0.2, 0) is 14.4 Å². The standard InChI is InChI=1S/C28H29ClN4O5/c1-4-13-37-23-10-8-22(9-11-23)31-27(35)28(36)33-30-16-20-15-21(29)7-12-25(20)38-17-26(34)32-24-14-18(2)5-6-19(24)3/h5-12,14-16H,4,13,17H2,1-3H3,(H,31,35)(H,32,34)(H,33,36)/b30-16-. The summed E-state index contributed by atoms with van der Waals surface area (Å²) in [6.07, 6.45) is 2.15. The summed E-state index contributed by atoms with van der Waals surface area (Å²) in [5, 5.41) is 9.53. The zero-order valence-corrected chi connectivity index (χ0v) is 22.1. The van der Waals surface area contributed by atoms with Crippen LogP contribution in [0, 0.1) is 13.8 Å². The smallest absolute Gasteiger partial charge is 0.329 e. The number of benzene rings is 3. The van der Waals surface area contributed by atoms with Crippen molar-refractivity contribution in [3.05, 3.63) is 82.4 Å². The maximum atomic E-state index is 12.4. The third kappa shape index (κ3) is 8.63. The molecule has 0 atom stereocenters. The Kier molecular flexibility index (Phi) is 10.2. The Balaban J connectivity index is 1.55. The van der Waals surface area contributed by atoms with E-state index in [0.29, 0.717) is 40.1 Å². The first kappa shape index (κ1) is 28.2. The minimum Gasteiger partial charge on any atom is -0.494 e. The number of hydrazone groups is 1. The molecule has 3 amide bonds. The first-order valence-electron chi connectivity index (χ1n) is 11.9. The molecule has 0 fully saturated rings. The van der Waals surface area contributed by atoms with Gasteiger partial charge in [0.1, 0.15) is 11.5 Å². The predicted octanol–water partition coefficient (Wildman–Crippen LogP) is 4.85. The molecule has 0 unspecified atom stereocenters. The van der Waals surface area contributed by atoms with E-state index in [4.69, 9.17) is 21.1 Å². The van der Waals surface area contributed by atoms with E-state index in [1.807, 2.05) is 39.0 Å². The Morgan fingerprint density at radius 1 is 0.921 bits per heavy atom. The van der Waals surface area contributed by atoms with E-state index in [2.05, 4.69) is 21.2 Å². The lowest BCUT2D eigenvalue weighted by atomic mass is 10.1. The van der Waals surface area contributed by atoms with E-state index in [9.17, 15) is 14.4 Å². The second-order valence-corrected chi connectivity index (χ2v) is 8.80. The maximum Gasteiger partial charge on any atom is 0.329 e. The predicted molar refractivity (Wildman–Crippen MR) is 148 cm³/mol. The van der Waals surface area contributed by atoms with Crippen LogP contribution >= 0.6 is 11.6 Å². The minimum atomic E-state index is -0.968. The molecule has 0 heterocycles. The van der Waals surface area contributed by atoms with Crippen molar-refractivity contribution in [2.75, 3.05) is 23.8 Å². The number of rotatable bonds is 10. The second kappa shape index (κ2) is 13.8. The molecule has 9 nitrogen and oxygen atoms in total. The summed E-state index contributed by atoms with van der Waals surface area (Å²) in [5.41, 5.74) is 5.66. The van der Waals surface area contributed by atoms with Crippen molar-refractivity contribution in [1.29, 1.82) is 0 Å². The van der Waals surface area contributed by atoms with Gasteiger partial charge in [0.15, 0.2) is 6.61 Å². The number of hydrogen-bond acceptors (Lipinski definition) is 6. The van der Waals surface area contributed by atoms with Crippen molar-refractivity contribution in [1.82, 2.24) is 5.43 Å². The summed E-state index contributed by atoms with van der Waals surface area (Å²) in [6.45, 7) is 6.17. The molecule has 10 heteroatoms. The monoisotopic (exact) mass is 536 g/mol. The van der Waals surface area contributed by atoms with E-state index < -0.39 is 11.8 Å². The van der Waals surface area contributed by atoms with Crippen LogP contribution in [0.2, 0.25) is 5.02 Å². The largest absolute Gasteiger partial charge is 0.494 e. The number of carbonyl (C=O) groups excluding carboxylic acids is 3.